The number of nitrogens with zero attached hydrogens (tertiary/aromatic N) is 1. The minimum atomic E-state index is -0.273. The van der Waals surface area contributed by atoms with Crippen LogP contribution in [0.25, 0.3) is 10.9 Å². The van der Waals surface area contributed by atoms with Gasteiger partial charge in [-0.2, -0.15) is 0 Å². The van der Waals surface area contributed by atoms with Crippen molar-refractivity contribution >= 4 is 16.6 Å². The van der Waals surface area contributed by atoms with Gasteiger partial charge in [-0.25, -0.2) is 4.39 Å². The highest BCUT2D eigenvalue weighted by Gasteiger charge is 2.10. The van der Waals surface area contributed by atoms with Crippen molar-refractivity contribution in [3.05, 3.63) is 35.3 Å². The third kappa shape index (κ3) is 2.08. The van der Waals surface area contributed by atoms with Gasteiger partial charge in [0.25, 0.3) is 0 Å². The maximum absolute atomic E-state index is 13.4. The molecule has 0 aliphatic carbocycles. The second-order valence-corrected chi connectivity index (χ2v) is 4.51. The van der Waals surface area contributed by atoms with Crippen LogP contribution in [0.5, 0.6) is 0 Å². The van der Waals surface area contributed by atoms with Crippen molar-refractivity contribution in [2.24, 2.45) is 5.84 Å². The third-order valence-corrected chi connectivity index (χ3v) is 2.84. The molecule has 1 heterocycles. The van der Waals surface area contributed by atoms with Gasteiger partial charge >= 0.3 is 0 Å². The summed E-state index contributed by atoms with van der Waals surface area (Å²) in [6.07, 6.45) is 0. The lowest BCUT2D eigenvalue weighted by atomic mass is 10.0. The Labute approximate surface area is 99.8 Å². The van der Waals surface area contributed by atoms with Crippen LogP contribution in [0.1, 0.15) is 31.0 Å². The minimum absolute atomic E-state index is 0.273. The number of nitrogen functional groups attached to an aromatic ring is 1. The molecule has 1 aromatic carbocycles. The van der Waals surface area contributed by atoms with Crippen molar-refractivity contribution in [1.29, 1.82) is 0 Å². The van der Waals surface area contributed by atoms with Crippen LogP contribution in [-0.4, -0.2) is 4.98 Å². The van der Waals surface area contributed by atoms with E-state index in [9.17, 15) is 4.39 Å². The molecule has 0 saturated carbocycles. The zero-order valence-electron chi connectivity index (χ0n) is 10.2. The van der Waals surface area contributed by atoms with Crippen LogP contribution in [0.4, 0.5) is 10.1 Å². The number of anilines is 1. The largest absolute Gasteiger partial charge is 0.323 e. The minimum Gasteiger partial charge on any atom is -0.323 e. The fraction of sp³-hybridized carbons (Fsp3) is 0.308. The van der Waals surface area contributed by atoms with E-state index in [4.69, 9.17) is 5.84 Å². The Balaban J connectivity index is 2.82. The predicted molar refractivity (Wildman–Crippen MR) is 68.3 cm³/mol. The molecular weight excluding hydrogens is 217 g/mol. The highest BCUT2D eigenvalue weighted by atomic mass is 19.1. The van der Waals surface area contributed by atoms with Gasteiger partial charge in [-0.3, -0.25) is 10.8 Å². The second kappa shape index (κ2) is 4.30. The van der Waals surface area contributed by atoms with E-state index in [1.54, 1.807) is 0 Å². The van der Waals surface area contributed by atoms with Crippen LogP contribution in [0, 0.1) is 12.7 Å². The predicted octanol–water partition coefficient (Wildman–Crippen LogP) is 3.09. The van der Waals surface area contributed by atoms with Gasteiger partial charge in [0.2, 0.25) is 0 Å². The first-order valence-electron chi connectivity index (χ1n) is 5.60. The van der Waals surface area contributed by atoms with Crippen molar-refractivity contribution in [3.8, 4) is 0 Å². The van der Waals surface area contributed by atoms with Gasteiger partial charge in [0.1, 0.15) is 5.82 Å². The average Bonchev–Trinajstić information content (AvgIpc) is 2.27. The van der Waals surface area contributed by atoms with E-state index in [1.165, 1.54) is 12.1 Å². The molecule has 1 aromatic heterocycles. The first-order valence-corrected chi connectivity index (χ1v) is 5.60. The molecule has 4 heteroatoms. The summed E-state index contributed by atoms with van der Waals surface area (Å²) in [5.41, 5.74) is 5.88. The smallest absolute Gasteiger partial charge is 0.124 e. The average molecular weight is 233 g/mol. The van der Waals surface area contributed by atoms with E-state index >= 15 is 0 Å². The molecule has 0 unspecified atom stereocenters. The van der Waals surface area contributed by atoms with Gasteiger partial charge in [-0.05, 0) is 36.6 Å². The standard InChI is InChI=1S/C13H16FN3/c1-7(2)11-6-12(17-15)10-5-9(14)4-8(3)13(10)16-11/h4-7H,15H2,1-3H3,(H,16,17). The lowest BCUT2D eigenvalue weighted by Crippen LogP contribution is -2.09. The SMILES string of the molecule is Cc1cc(F)cc2c(NN)cc(C(C)C)nc12. The molecule has 3 nitrogen and oxygen atoms in total. The van der Waals surface area contributed by atoms with Crippen LogP contribution >= 0.6 is 0 Å². The molecule has 0 atom stereocenters. The Bertz CT molecular complexity index is 564. The number of aryl methyl sites for hydroxylation is 1. The van der Waals surface area contributed by atoms with Crippen LogP contribution in [-0.2, 0) is 0 Å². The zero-order chi connectivity index (χ0) is 12.6. The summed E-state index contributed by atoms with van der Waals surface area (Å²) >= 11 is 0. The number of nitrogens with two attached hydrogens (primary N) is 1. The summed E-state index contributed by atoms with van der Waals surface area (Å²) in [7, 11) is 0. The van der Waals surface area contributed by atoms with Gasteiger partial charge in [-0.15, -0.1) is 0 Å². The molecule has 3 N–H and O–H groups in total. The first kappa shape index (κ1) is 11.8. The molecule has 17 heavy (non-hydrogen) atoms. The van der Waals surface area contributed by atoms with Gasteiger partial charge in [0, 0.05) is 11.1 Å². The highest BCUT2D eigenvalue weighted by Crippen LogP contribution is 2.28. The summed E-state index contributed by atoms with van der Waals surface area (Å²) in [5, 5.41) is 0.717. The van der Waals surface area contributed by atoms with Gasteiger partial charge < -0.3 is 5.43 Å². The monoisotopic (exact) mass is 233 g/mol. The van der Waals surface area contributed by atoms with Crippen molar-refractivity contribution in [2.45, 2.75) is 26.7 Å². The van der Waals surface area contributed by atoms with Crippen molar-refractivity contribution < 1.29 is 4.39 Å². The third-order valence-electron chi connectivity index (χ3n) is 2.84. The topological polar surface area (TPSA) is 50.9 Å². The Hall–Kier alpha value is -1.68. The van der Waals surface area contributed by atoms with Crippen LogP contribution in [0.2, 0.25) is 0 Å². The molecular formula is C13H16FN3. The maximum atomic E-state index is 13.4. The molecule has 0 spiro atoms. The Morgan fingerprint density at radius 2 is 2.00 bits per heavy atom. The molecule has 0 radical (unpaired) electrons. The second-order valence-electron chi connectivity index (χ2n) is 4.51. The van der Waals surface area contributed by atoms with Gasteiger partial charge in [0.15, 0.2) is 0 Å². The molecule has 0 fully saturated rings. The van der Waals surface area contributed by atoms with Gasteiger partial charge in [-0.1, -0.05) is 13.8 Å². The van der Waals surface area contributed by atoms with E-state index in [0.29, 0.717) is 11.6 Å². The van der Waals surface area contributed by atoms with Gasteiger partial charge in [0.05, 0.1) is 11.2 Å². The van der Waals surface area contributed by atoms with E-state index in [0.717, 1.165) is 22.2 Å². The summed E-state index contributed by atoms with van der Waals surface area (Å²) in [4.78, 5) is 4.56. The summed E-state index contributed by atoms with van der Waals surface area (Å²) in [6.45, 7) is 5.98. The van der Waals surface area contributed by atoms with Crippen molar-refractivity contribution in [3.63, 3.8) is 0 Å². The molecule has 0 saturated heterocycles. The quantitative estimate of drug-likeness (QED) is 0.619. The lowest BCUT2D eigenvalue weighted by Gasteiger charge is -2.12. The lowest BCUT2D eigenvalue weighted by molar-refractivity contribution is 0.628. The number of pyridine rings is 1. The number of fused-ring (bicyclic) bond motifs is 1. The highest BCUT2D eigenvalue weighted by molar-refractivity contribution is 5.93. The fourth-order valence-electron chi connectivity index (χ4n) is 1.89. The number of halogens is 1. The van der Waals surface area contributed by atoms with Crippen LogP contribution in [0.3, 0.4) is 0 Å². The van der Waals surface area contributed by atoms with Crippen molar-refractivity contribution in [1.82, 2.24) is 4.98 Å². The van der Waals surface area contributed by atoms with E-state index < -0.39 is 0 Å². The summed E-state index contributed by atoms with van der Waals surface area (Å²) in [6, 6.07) is 4.81. The van der Waals surface area contributed by atoms with Crippen molar-refractivity contribution in [2.75, 3.05) is 5.43 Å². The first-order chi connectivity index (χ1) is 8.02. The van der Waals surface area contributed by atoms with E-state index in [-0.39, 0.29) is 5.82 Å². The molecule has 0 aliphatic heterocycles. The molecule has 0 aliphatic rings. The number of rotatable bonds is 2. The number of hydrogen-bond donors (Lipinski definition) is 2. The van der Waals surface area contributed by atoms with Crippen LogP contribution < -0.4 is 11.3 Å². The number of nitrogens with one attached hydrogen (secondary N) is 1. The summed E-state index contributed by atoms with van der Waals surface area (Å²) < 4.78 is 13.4. The molecule has 0 bridgehead atoms. The normalized spacial score (nSPS) is 11.2. The van der Waals surface area contributed by atoms with E-state index in [1.807, 2.05) is 13.0 Å². The Morgan fingerprint density at radius 3 is 2.59 bits per heavy atom. The van der Waals surface area contributed by atoms with E-state index in [2.05, 4.69) is 24.3 Å². The number of hydrazine groups is 1. The number of hydrogen-bond acceptors (Lipinski definition) is 3. The fourth-order valence-corrected chi connectivity index (χ4v) is 1.89. The molecule has 2 rings (SSSR count). The molecule has 2 aromatic rings. The molecule has 90 valence electrons. The Kier molecular flexibility index (Phi) is 2.98. The maximum Gasteiger partial charge on any atom is 0.124 e. The van der Waals surface area contributed by atoms with Crippen LogP contribution in [0.15, 0.2) is 18.2 Å². The summed E-state index contributed by atoms with van der Waals surface area (Å²) in [5.74, 6) is 5.51. The Morgan fingerprint density at radius 1 is 1.29 bits per heavy atom. The molecule has 0 amide bonds. The number of benzene rings is 1. The zero-order valence-corrected chi connectivity index (χ0v) is 10.2. The number of aromatic nitrogens is 1.